The second kappa shape index (κ2) is 7.66. The number of carbonyl (C=O) groups is 2. The molecule has 0 radical (unpaired) electrons. The van der Waals surface area contributed by atoms with Gasteiger partial charge in [0.2, 0.25) is 0 Å². The number of nitrogens with zero attached hydrogens (tertiary/aromatic N) is 3. The van der Waals surface area contributed by atoms with Crippen LogP contribution >= 0.6 is 0 Å². The number of carbonyl (C=O) groups excluding carboxylic acids is 2. The highest BCUT2D eigenvalue weighted by Gasteiger charge is 2.22. The topological polar surface area (TPSA) is 65.5 Å². The highest BCUT2D eigenvalue weighted by molar-refractivity contribution is 6.04. The van der Waals surface area contributed by atoms with Crippen LogP contribution in [0, 0.1) is 13.8 Å². The van der Waals surface area contributed by atoms with Gasteiger partial charge in [0.1, 0.15) is 11.4 Å². The molecule has 2 amide bonds. The standard InChI is InChI=1S/C20H24N4O2/c1-14-6-4-7-16(15(14)2)22-19(25)17-8-5-9-18(21-17)20(26)24-12-10-23(3)11-13-24/h4-9H,10-13H2,1-3H3,(H,22,25). The van der Waals surface area contributed by atoms with Crippen LogP contribution in [0.4, 0.5) is 5.69 Å². The second-order valence-corrected chi connectivity index (χ2v) is 6.71. The van der Waals surface area contributed by atoms with Crippen molar-refractivity contribution in [3.8, 4) is 0 Å². The average Bonchev–Trinajstić information content (AvgIpc) is 2.65. The summed E-state index contributed by atoms with van der Waals surface area (Å²) in [6.07, 6.45) is 0. The summed E-state index contributed by atoms with van der Waals surface area (Å²) >= 11 is 0. The summed E-state index contributed by atoms with van der Waals surface area (Å²) in [5, 5.41) is 2.89. The minimum atomic E-state index is -0.313. The molecule has 1 aliphatic heterocycles. The predicted molar refractivity (Wildman–Crippen MR) is 102 cm³/mol. The normalized spacial score (nSPS) is 15.0. The summed E-state index contributed by atoms with van der Waals surface area (Å²) in [5.74, 6) is -0.439. The molecule has 3 rings (SSSR count). The van der Waals surface area contributed by atoms with Gasteiger partial charge in [0.25, 0.3) is 11.8 Å². The number of piperazine rings is 1. The maximum Gasteiger partial charge on any atom is 0.274 e. The van der Waals surface area contributed by atoms with E-state index in [0.29, 0.717) is 18.8 Å². The van der Waals surface area contributed by atoms with Gasteiger partial charge >= 0.3 is 0 Å². The molecule has 6 nitrogen and oxygen atoms in total. The van der Waals surface area contributed by atoms with Crippen molar-refractivity contribution in [3.05, 3.63) is 58.9 Å². The van der Waals surface area contributed by atoms with Crippen LogP contribution in [0.1, 0.15) is 32.1 Å². The Bertz CT molecular complexity index is 826. The van der Waals surface area contributed by atoms with Crippen molar-refractivity contribution < 1.29 is 9.59 Å². The van der Waals surface area contributed by atoms with Crippen molar-refractivity contribution in [1.29, 1.82) is 0 Å². The number of amides is 2. The minimum Gasteiger partial charge on any atom is -0.335 e. The fraction of sp³-hybridized carbons (Fsp3) is 0.350. The maximum atomic E-state index is 12.7. The van der Waals surface area contributed by atoms with E-state index in [-0.39, 0.29) is 17.5 Å². The first-order valence-corrected chi connectivity index (χ1v) is 8.78. The van der Waals surface area contributed by atoms with E-state index in [1.54, 1.807) is 23.1 Å². The molecule has 0 saturated carbocycles. The van der Waals surface area contributed by atoms with Crippen LogP contribution in [0.2, 0.25) is 0 Å². The Balaban J connectivity index is 1.75. The molecule has 0 atom stereocenters. The summed E-state index contributed by atoms with van der Waals surface area (Å²) in [6.45, 7) is 7.01. The Labute approximate surface area is 153 Å². The van der Waals surface area contributed by atoms with E-state index in [1.807, 2.05) is 39.1 Å². The zero-order chi connectivity index (χ0) is 18.7. The molecule has 0 aliphatic carbocycles. The van der Waals surface area contributed by atoms with Gasteiger partial charge < -0.3 is 15.1 Å². The first kappa shape index (κ1) is 18.1. The average molecular weight is 352 g/mol. The molecule has 2 heterocycles. The minimum absolute atomic E-state index is 0.125. The molecule has 1 saturated heterocycles. The molecule has 1 fully saturated rings. The fourth-order valence-corrected chi connectivity index (χ4v) is 2.92. The van der Waals surface area contributed by atoms with Crippen molar-refractivity contribution in [1.82, 2.24) is 14.8 Å². The molecule has 0 spiro atoms. The number of nitrogens with one attached hydrogen (secondary N) is 1. The molecule has 1 aromatic carbocycles. The van der Waals surface area contributed by atoms with Gasteiger partial charge in [-0.25, -0.2) is 4.98 Å². The number of aryl methyl sites for hydroxylation is 1. The van der Waals surface area contributed by atoms with Crippen molar-refractivity contribution in [3.63, 3.8) is 0 Å². The van der Waals surface area contributed by atoms with E-state index in [2.05, 4.69) is 15.2 Å². The number of likely N-dealkylation sites (N-methyl/N-ethyl adjacent to an activating group) is 1. The molecular formula is C20H24N4O2. The van der Waals surface area contributed by atoms with Gasteiger partial charge in [0.15, 0.2) is 0 Å². The lowest BCUT2D eigenvalue weighted by Gasteiger charge is -2.32. The van der Waals surface area contributed by atoms with Gasteiger partial charge in [-0.3, -0.25) is 9.59 Å². The number of anilines is 1. The number of rotatable bonds is 3. The van der Waals surface area contributed by atoms with E-state index in [0.717, 1.165) is 29.9 Å². The third kappa shape index (κ3) is 3.91. The maximum absolute atomic E-state index is 12.7. The third-order valence-electron chi connectivity index (χ3n) is 4.84. The van der Waals surface area contributed by atoms with Crippen LogP contribution in [0.3, 0.4) is 0 Å². The highest BCUT2D eigenvalue weighted by atomic mass is 16.2. The Morgan fingerprint density at radius 2 is 1.62 bits per heavy atom. The predicted octanol–water partition coefficient (Wildman–Crippen LogP) is 2.34. The summed E-state index contributed by atoms with van der Waals surface area (Å²) in [7, 11) is 2.04. The molecular weight excluding hydrogens is 328 g/mol. The Kier molecular flexibility index (Phi) is 5.32. The first-order chi connectivity index (χ1) is 12.5. The Morgan fingerprint density at radius 1 is 0.962 bits per heavy atom. The van der Waals surface area contributed by atoms with Crippen LogP contribution < -0.4 is 5.32 Å². The summed E-state index contributed by atoms with van der Waals surface area (Å²) in [4.78, 5) is 33.5. The van der Waals surface area contributed by atoms with Gasteiger partial charge in [-0.1, -0.05) is 18.2 Å². The number of hydrogen-bond acceptors (Lipinski definition) is 4. The number of hydrogen-bond donors (Lipinski definition) is 1. The van der Waals surface area contributed by atoms with Crippen LogP contribution in [0.25, 0.3) is 0 Å². The third-order valence-corrected chi connectivity index (χ3v) is 4.84. The monoisotopic (exact) mass is 352 g/mol. The smallest absolute Gasteiger partial charge is 0.274 e. The Hall–Kier alpha value is -2.73. The largest absolute Gasteiger partial charge is 0.335 e. The van der Waals surface area contributed by atoms with E-state index >= 15 is 0 Å². The van der Waals surface area contributed by atoms with Gasteiger partial charge in [0, 0.05) is 31.9 Å². The second-order valence-electron chi connectivity index (χ2n) is 6.71. The molecule has 2 aromatic rings. The van der Waals surface area contributed by atoms with Crippen LogP contribution in [0.15, 0.2) is 36.4 Å². The summed E-state index contributed by atoms with van der Waals surface area (Å²) in [5.41, 5.74) is 3.43. The fourth-order valence-electron chi connectivity index (χ4n) is 2.92. The summed E-state index contributed by atoms with van der Waals surface area (Å²) < 4.78 is 0. The molecule has 0 bridgehead atoms. The molecule has 1 N–H and O–H groups in total. The lowest BCUT2D eigenvalue weighted by Crippen LogP contribution is -2.47. The highest BCUT2D eigenvalue weighted by Crippen LogP contribution is 2.18. The van der Waals surface area contributed by atoms with Crippen molar-refractivity contribution in [2.75, 3.05) is 38.5 Å². The van der Waals surface area contributed by atoms with E-state index < -0.39 is 0 Å². The molecule has 136 valence electrons. The summed E-state index contributed by atoms with van der Waals surface area (Å²) in [6, 6.07) is 10.8. The molecule has 26 heavy (non-hydrogen) atoms. The first-order valence-electron chi connectivity index (χ1n) is 8.78. The zero-order valence-electron chi connectivity index (χ0n) is 15.5. The lowest BCUT2D eigenvalue weighted by atomic mass is 10.1. The van der Waals surface area contributed by atoms with E-state index in [1.165, 1.54) is 0 Å². The molecule has 1 aliphatic rings. The van der Waals surface area contributed by atoms with Gasteiger partial charge in [-0.15, -0.1) is 0 Å². The van der Waals surface area contributed by atoms with Gasteiger partial charge in [-0.2, -0.15) is 0 Å². The molecule has 1 aromatic heterocycles. The number of benzene rings is 1. The SMILES string of the molecule is Cc1cccc(NC(=O)c2cccc(C(=O)N3CCN(C)CC3)n2)c1C. The van der Waals surface area contributed by atoms with Crippen LogP contribution in [-0.2, 0) is 0 Å². The molecule has 0 unspecified atom stereocenters. The van der Waals surface area contributed by atoms with Gasteiger partial charge in [0.05, 0.1) is 0 Å². The Morgan fingerprint density at radius 3 is 2.35 bits per heavy atom. The van der Waals surface area contributed by atoms with Crippen molar-refractivity contribution in [2.45, 2.75) is 13.8 Å². The quantitative estimate of drug-likeness (QED) is 0.921. The van der Waals surface area contributed by atoms with Crippen molar-refractivity contribution >= 4 is 17.5 Å². The van der Waals surface area contributed by atoms with Crippen molar-refractivity contribution in [2.24, 2.45) is 0 Å². The van der Waals surface area contributed by atoms with E-state index in [9.17, 15) is 9.59 Å². The zero-order valence-corrected chi connectivity index (χ0v) is 15.5. The van der Waals surface area contributed by atoms with Crippen LogP contribution in [0.5, 0.6) is 0 Å². The van der Waals surface area contributed by atoms with Crippen LogP contribution in [-0.4, -0.2) is 59.8 Å². The van der Waals surface area contributed by atoms with Gasteiger partial charge in [-0.05, 0) is 50.2 Å². The molecule has 6 heteroatoms. The van der Waals surface area contributed by atoms with E-state index in [4.69, 9.17) is 0 Å². The lowest BCUT2D eigenvalue weighted by molar-refractivity contribution is 0.0658. The number of pyridine rings is 1. The number of aromatic nitrogens is 1.